The zero-order chi connectivity index (χ0) is 24.3. The predicted octanol–water partition coefficient (Wildman–Crippen LogP) is -1.31. The van der Waals surface area contributed by atoms with Gasteiger partial charge in [-0.25, -0.2) is 0 Å². The zero-order valence-electron chi connectivity index (χ0n) is 19.1. The number of aliphatic hydroxyl groups is 6. The van der Waals surface area contributed by atoms with Gasteiger partial charge in [-0.2, -0.15) is 0 Å². The van der Waals surface area contributed by atoms with Crippen molar-refractivity contribution in [2.75, 3.05) is 19.8 Å². The van der Waals surface area contributed by atoms with E-state index in [0.29, 0.717) is 0 Å². The molecule has 0 spiro atoms. The molecule has 0 aliphatic carbocycles. The highest BCUT2D eigenvalue weighted by Gasteiger charge is 2.59. The van der Waals surface area contributed by atoms with Crippen LogP contribution in [0.5, 0.6) is 0 Å². The first kappa shape index (κ1) is 26.6. The minimum absolute atomic E-state index is 0.0359. The fourth-order valence-electron chi connectivity index (χ4n) is 4.15. The van der Waals surface area contributed by atoms with Gasteiger partial charge in [0.2, 0.25) is 5.79 Å². The van der Waals surface area contributed by atoms with Crippen LogP contribution in [-0.2, 0) is 23.7 Å². The molecule has 3 rings (SSSR count). The van der Waals surface area contributed by atoms with Gasteiger partial charge in [-0.3, -0.25) is 0 Å². The van der Waals surface area contributed by atoms with Crippen molar-refractivity contribution >= 4 is 0 Å². The zero-order valence-corrected chi connectivity index (χ0v) is 19.1. The summed E-state index contributed by atoms with van der Waals surface area (Å²) >= 11 is 0. The Morgan fingerprint density at radius 1 is 1.03 bits per heavy atom. The van der Waals surface area contributed by atoms with Gasteiger partial charge in [-0.1, -0.05) is 17.2 Å². The van der Waals surface area contributed by atoms with E-state index in [0.717, 1.165) is 18.4 Å². The Hall–Kier alpha value is -0.960. The molecule has 190 valence electrons. The van der Waals surface area contributed by atoms with Crippen LogP contribution < -0.4 is 0 Å². The lowest BCUT2D eigenvalue weighted by Gasteiger charge is -2.47. The Kier molecular flexibility index (Phi) is 9.03. The van der Waals surface area contributed by atoms with E-state index in [2.05, 4.69) is 6.08 Å². The van der Waals surface area contributed by atoms with E-state index < -0.39 is 74.3 Å². The minimum atomic E-state index is -2.16. The van der Waals surface area contributed by atoms with Crippen molar-refractivity contribution in [1.29, 1.82) is 0 Å². The SMILES string of the molecule is CC(C)=CCC/C(C)=C/[C@@H]1OC[C@H]2O[C@H](O[C@]3(CO)O[C@H](CO)[C@@H](O)[C@@H]3O)[C@H](O)[C@@H](O)[C@@H]2O1. The van der Waals surface area contributed by atoms with Crippen LogP contribution >= 0.6 is 0 Å². The second kappa shape index (κ2) is 11.2. The number of aliphatic hydroxyl groups excluding tert-OH is 6. The maximum atomic E-state index is 10.7. The largest absolute Gasteiger partial charge is 0.394 e. The Morgan fingerprint density at radius 2 is 1.76 bits per heavy atom. The maximum absolute atomic E-state index is 10.7. The molecule has 3 aliphatic heterocycles. The van der Waals surface area contributed by atoms with Gasteiger partial charge in [0.05, 0.1) is 13.2 Å². The predicted molar refractivity (Wildman–Crippen MR) is 113 cm³/mol. The molecule has 3 fully saturated rings. The van der Waals surface area contributed by atoms with Crippen molar-refractivity contribution in [2.45, 2.75) is 94.7 Å². The molecule has 11 nitrogen and oxygen atoms in total. The average Bonchev–Trinajstić information content (AvgIpc) is 3.02. The standard InChI is InChI=1S/C22H36O11/c1-11(2)5-4-6-12(3)7-15-29-9-14-19(31-15)17(26)18(27)21(30-14)33-22(10-24)20(28)16(25)13(8-23)32-22/h5,7,13-21,23-28H,4,6,8-10H2,1-3H3/b12-7+/t13-,14-,15-,16-,17-,18-,19-,20+,21-,22+/m1/s1. The summed E-state index contributed by atoms with van der Waals surface area (Å²) in [6, 6.07) is 0. The lowest BCUT2D eigenvalue weighted by molar-refractivity contribution is -0.402. The molecule has 0 saturated carbocycles. The molecule has 0 amide bonds. The van der Waals surface area contributed by atoms with Crippen molar-refractivity contribution in [3.05, 3.63) is 23.3 Å². The van der Waals surface area contributed by atoms with Crippen LogP contribution in [-0.4, -0.2) is 112 Å². The fraction of sp³-hybridized carbons (Fsp3) is 0.818. The quantitative estimate of drug-likeness (QED) is 0.230. The first-order valence-electron chi connectivity index (χ1n) is 11.1. The van der Waals surface area contributed by atoms with E-state index in [-0.39, 0.29) is 6.61 Å². The highest BCUT2D eigenvalue weighted by molar-refractivity contribution is 5.05. The molecule has 0 unspecified atom stereocenters. The molecule has 11 heteroatoms. The Labute approximate surface area is 192 Å². The van der Waals surface area contributed by atoms with Gasteiger partial charge in [-0.05, 0) is 39.7 Å². The molecular formula is C22H36O11. The molecule has 3 aliphatic rings. The van der Waals surface area contributed by atoms with Gasteiger partial charge in [0.1, 0.15) is 49.3 Å². The van der Waals surface area contributed by atoms with Crippen LogP contribution in [0.4, 0.5) is 0 Å². The Bertz CT molecular complexity index is 706. The molecule has 6 N–H and O–H groups in total. The highest BCUT2D eigenvalue weighted by Crippen LogP contribution is 2.37. The van der Waals surface area contributed by atoms with Crippen molar-refractivity contribution in [3.8, 4) is 0 Å². The van der Waals surface area contributed by atoms with Crippen LogP contribution in [0.2, 0.25) is 0 Å². The summed E-state index contributed by atoms with van der Waals surface area (Å²) in [5.74, 6) is -2.16. The lowest BCUT2D eigenvalue weighted by atomic mass is 9.97. The van der Waals surface area contributed by atoms with Crippen molar-refractivity contribution in [2.24, 2.45) is 0 Å². The Balaban J connectivity index is 1.64. The van der Waals surface area contributed by atoms with Crippen LogP contribution in [0.1, 0.15) is 33.6 Å². The number of rotatable bonds is 8. The van der Waals surface area contributed by atoms with E-state index in [1.165, 1.54) is 5.57 Å². The third-order valence-electron chi connectivity index (χ3n) is 6.09. The highest BCUT2D eigenvalue weighted by atomic mass is 16.8. The smallest absolute Gasteiger partial charge is 0.224 e. The van der Waals surface area contributed by atoms with Gasteiger partial charge >= 0.3 is 0 Å². The number of hydrogen-bond donors (Lipinski definition) is 6. The summed E-state index contributed by atoms with van der Waals surface area (Å²) < 4.78 is 28.1. The van der Waals surface area contributed by atoms with Crippen molar-refractivity contribution < 1.29 is 54.3 Å². The summed E-state index contributed by atoms with van der Waals surface area (Å²) in [7, 11) is 0. The monoisotopic (exact) mass is 476 g/mol. The van der Waals surface area contributed by atoms with E-state index in [1.807, 2.05) is 26.8 Å². The molecule has 33 heavy (non-hydrogen) atoms. The van der Waals surface area contributed by atoms with Crippen molar-refractivity contribution in [3.63, 3.8) is 0 Å². The molecule has 0 bridgehead atoms. The summed E-state index contributed by atoms with van der Waals surface area (Å²) in [5.41, 5.74) is 2.29. The number of fused-ring (bicyclic) bond motifs is 1. The lowest BCUT2D eigenvalue weighted by Crippen LogP contribution is -2.65. The van der Waals surface area contributed by atoms with Crippen molar-refractivity contribution in [1.82, 2.24) is 0 Å². The molecular weight excluding hydrogens is 440 g/mol. The average molecular weight is 477 g/mol. The third-order valence-corrected chi connectivity index (χ3v) is 6.09. The fourth-order valence-corrected chi connectivity index (χ4v) is 4.15. The van der Waals surface area contributed by atoms with E-state index >= 15 is 0 Å². The molecule has 0 aromatic carbocycles. The molecule has 0 aromatic heterocycles. The van der Waals surface area contributed by atoms with E-state index in [1.54, 1.807) is 0 Å². The summed E-state index contributed by atoms with van der Waals surface area (Å²) in [4.78, 5) is 0. The summed E-state index contributed by atoms with van der Waals surface area (Å²) in [6.07, 6.45) is -5.80. The first-order chi connectivity index (χ1) is 15.6. The van der Waals surface area contributed by atoms with Gasteiger partial charge in [0, 0.05) is 0 Å². The second-order valence-electron chi connectivity index (χ2n) is 9.02. The van der Waals surface area contributed by atoms with Crippen LogP contribution in [0, 0.1) is 0 Å². The van der Waals surface area contributed by atoms with Crippen LogP contribution in [0.3, 0.4) is 0 Å². The molecule has 0 aromatic rings. The summed E-state index contributed by atoms with van der Waals surface area (Å²) in [5, 5.41) is 60.7. The number of ether oxygens (including phenoxy) is 5. The van der Waals surface area contributed by atoms with Gasteiger partial charge < -0.3 is 54.3 Å². The summed E-state index contributed by atoms with van der Waals surface area (Å²) in [6.45, 7) is 4.54. The normalized spacial score (nSPS) is 43.9. The topological polar surface area (TPSA) is 168 Å². The molecule has 10 atom stereocenters. The third kappa shape index (κ3) is 5.82. The van der Waals surface area contributed by atoms with Gasteiger partial charge in [-0.15, -0.1) is 0 Å². The van der Waals surface area contributed by atoms with E-state index in [9.17, 15) is 30.6 Å². The molecule has 3 saturated heterocycles. The first-order valence-corrected chi connectivity index (χ1v) is 11.1. The van der Waals surface area contributed by atoms with Gasteiger partial charge in [0.15, 0.2) is 12.6 Å². The molecule has 0 radical (unpaired) electrons. The number of allylic oxidation sites excluding steroid dienone is 3. The van der Waals surface area contributed by atoms with Crippen LogP contribution in [0.15, 0.2) is 23.3 Å². The van der Waals surface area contributed by atoms with Gasteiger partial charge in [0.25, 0.3) is 0 Å². The molecule has 3 heterocycles. The number of hydrogen-bond acceptors (Lipinski definition) is 11. The van der Waals surface area contributed by atoms with E-state index in [4.69, 9.17) is 23.7 Å². The minimum Gasteiger partial charge on any atom is -0.394 e. The maximum Gasteiger partial charge on any atom is 0.224 e. The second-order valence-corrected chi connectivity index (χ2v) is 9.02. The van der Waals surface area contributed by atoms with Crippen LogP contribution in [0.25, 0.3) is 0 Å². The Morgan fingerprint density at radius 3 is 2.36 bits per heavy atom.